The van der Waals surface area contributed by atoms with Gasteiger partial charge in [-0.15, -0.1) is 11.8 Å². The number of thioether (sulfide) groups is 1. The molecule has 7 nitrogen and oxygen atoms in total. The number of rotatable bonds is 7. The molecule has 2 N–H and O–H groups in total. The van der Waals surface area contributed by atoms with Gasteiger partial charge in [0.25, 0.3) is 0 Å². The van der Waals surface area contributed by atoms with Crippen molar-refractivity contribution in [3.8, 4) is 17.2 Å². The lowest BCUT2D eigenvalue weighted by Gasteiger charge is -2.28. The van der Waals surface area contributed by atoms with E-state index < -0.39 is 0 Å². The highest BCUT2D eigenvalue weighted by molar-refractivity contribution is 7.99. The van der Waals surface area contributed by atoms with Crippen LogP contribution in [-0.2, 0) is 4.79 Å². The van der Waals surface area contributed by atoms with E-state index in [1.807, 2.05) is 47.4 Å². The molecule has 3 atom stereocenters. The molecule has 3 unspecified atom stereocenters. The fourth-order valence-electron chi connectivity index (χ4n) is 4.95. The second-order valence-corrected chi connectivity index (χ2v) is 10.2. The Kier molecular flexibility index (Phi) is 7.36. The lowest BCUT2D eigenvalue weighted by atomic mass is 9.94. The maximum absolute atomic E-state index is 13.8. The molecule has 3 aromatic rings. The number of hydrazine groups is 1. The Balaban J connectivity index is 1.49. The number of ether oxygens (including phenoxy) is 3. The molecule has 0 aromatic heterocycles. The topological polar surface area (TPSA) is 72.1 Å². The van der Waals surface area contributed by atoms with Crippen LogP contribution in [0.2, 0.25) is 0 Å². The number of nitrogens with one attached hydrogen (secondary N) is 2. The standard InChI is InChI=1S/C28H31N3O4S/c1-33-20-9-11-22(24(13-20)35-3)25-15-27(32)31(23-12-10-21(34-2)14-26(23)36-25)17-19-16-29-30-28(19)18-7-5-4-6-8-18/h4-14,19,25,28-30H,15-17H2,1-3H3. The van der Waals surface area contributed by atoms with Gasteiger partial charge in [-0.2, -0.15) is 0 Å². The number of nitrogens with zero attached hydrogens (tertiary/aromatic N) is 1. The molecule has 3 aromatic carbocycles. The summed E-state index contributed by atoms with van der Waals surface area (Å²) in [6, 6.07) is 22.2. The first-order chi connectivity index (χ1) is 17.6. The molecule has 2 aliphatic rings. The average Bonchev–Trinajstić information content (AvgIpc) is 3.34. The third kappa shape index (κ3) is 4.89. The van der Waals surface area contributed by atoms with Gasteiger partial charge in [-0.05, 0) is 29.8 Å². The Labute approximate surface area is 216 Å². The van der Waals surface area contributed by atoms with Crippen LogP contribution in [0.1, 0.15) is 28.8 Å². The Morgan fingerprint density at radius 3 is 2.44 bits per heavy atom. The second kappa shape index (κ2) is 10.8. The highest BCUT2D eigenvalue weighted by atomic mass is 32.2. The molecule has 0 aliphatic carbocycles. The van der Waals surface area contributed by atoms with Crippen molar-refractivity contribution in [3.63, 3.8) is 0 Å². The minimum atomic E-state index is -0.112. The van der Waals surface area contributed by atoms with Gasteiger partial charge in [0.1, 0.15) is 17.2 Å². The number of amides is 1. The van der Waals surface area contributed by atoms with Gasteiger partial charge < -0.3 is 19.1 Å². The second-order valence-electron chi connectivity index (χ2n) is 8.93. The van der Waals surface area contributed by atoms with E-state index in [2.05, 4.69) is 35.1 Å². The molecule has 188 valence electrons. The summed E-state index contributed by atoms with van der Waals surface area (Å²) in [6.07, 6.45) is 0.355. The highest BCUT2D eigenvalue weighted by Crippen LogP contribution is 2.49. The molecule has 36 heavy (non-hydrogen) atoms. The van der Waals surface area contributed by atoms with Crippen molar-refractivity contribution in [1.29, 1.82) is 0 Å². The summed E-state index contributed by atoms with van der Waals surface area (Å²) < 4.78 is 16.6. The van der Waals surface area contributed by atoms with Crippen LogP contribution in [0.4, 0.5) is 5.69 Å². The number of hydrogen-bond acceptors (Lipinski definition) is 7. The van der Waals surface area contributed by atoms with Crippen LogP contribution in [0.3, 0.4) is 0 Å². The molecule has 5 rings (SSSR count). The molecule has 0 spiro atoms. The summed E-state index contributed by atoms with van der Waals surface area (Å²) in [5.74, 6) is 2.50. The van der Waals surface area contributed by atoms with Crippen LogP contribution in [-0.4, -0.2) is 40.3 Å². The van der Waals surface area contributed by atoms with Gasteiger partial charge >= 0.3 is 0 Å². The summed E-state index contributed by atoms with van der Waals surface area (Å²) in [5, 5.41) is -0.112. The van der Waals surface area contributed by atoms with Crippen LogP contribution in [0.5, 0.6) is 17.2 Å². The molecule has 1 saturated heterocycles. The summed E-state index contributed by atoms with van der Waals surface area (Å²) in [7, 11) is 4.94. The number of benzene rings is 3. The van der Waals surface area contributed by atoms with E-state index in [0.29, 0.717) is 18.7 Å². The van der Waals surface area contributed by atoms with Gasteiger partial charge in [-0.3, -0.25) is 10.2 Å². The number of fused-ring (bicyclic) bond motifs is 1. The number of carbonyl (C=O) groups excluding carboxylic acids is 1. The summed E-state index contributed by atoms with van der Waals surface area (Å²) in [4.78, 5) is 16.8. The predicted molar refractivity (Wildman–Crippen MR) is 142 cm³/mol. The predicted octanol–water partition coefficient (Wildman–Crippen LogP) is 4.75. The van der Waals surface area contributed by atoms with Gasteiger partial charge in [0, 0.05) is 47.2 Å². The molecule has 2 aliphatic heterocycles. The van der Waals surface area contributed by atoms with Crippen molar-refractivity contribution in [2.45, 2.75) is 22.6 Å². The zero-order chi connectivity index (χ0) is 25.1. The van der Waals surface area contributed by atoms with Crippen molar-refractivity contribution >= 4 is 23.4 Å². The monoisotopic (exact) mass is 505 g/mol. The van der Waals surface area contributed by atoms with Crippen LogP contribution < -0.4 is 30.0 Å². The largest absolute Gasteiger partial charge is 0.497 e. The molecule has 1 amide bonds. The highest BCUT2D eigenvalue weighted by Gasteiger charge is 2.36. The Morgan fingerprint density at radius 1 is 0.944 bits per heavy atom. The Hall–Kier alpha value is -3.20. The lowest BCUT2D eigenvalue weighted by Crippen LogP contribution is -2.37. The van der Waals surface area contributed by atoms with E-state index in [9.17, 15) is 4.79 Å². The third-order valence-electron chi connectivity index (χ3n) is 6.84. The minimum Gasteiger partial charge on any atom is -0.497 e. The van der Waals surface area contributed by atoms with Crippen LogP contribution in [0.25, 0.3) is 0 Å². The smallest absolute Gasteiger partial charge is 0.228 e. The normalized spacial score (nSPS) is 21.6. The molecular weight excluding hydrogens is 474 g/mol. The maximum atomic E-state index is 13.8. The summed E-state index contributed by atoms with van der Waals surface area (Å²) in [6.45, 7) is 1.38. The summed E-state index contributed by atoms with van der Waals surface area (Å²) >= 11 is 1.67. The number of hydrogen-bond donors (Lipinski definition) is 2. The summed E-state index contributed by atoms with van der Waals surface area (Å²) in [5.41, 5.74) is 9.80. The molecule has 0 radical (unpaired) electrons. The molecule has 8 heteroatoms. The Bertz CT molecular complexity index is 1220. The van der Waals surface area contributed by atoms with Crippen molar-refractivity contribution in [1.82, 2.24) is 10.9 Å². The molecule has 0 bridgehead atoms. The van der Waals surface area contributed by atoms with Gasteiger partial charge in [0.05, 0.1) is 33.1 Å². The van der Waals surface area contributed by atoms with E-state index >= 15 is 0 Å². The minimum absolute atomic E-state index is 0.0907. The molecule has 2 heterocycles. The van der Waals surface area contributed by atoms with E-state index in [1.54, 1.807) is 33.1 Å². The SMILES string of the molecule is COc1ccc(C2CC(=O)N(CC3CNNC3c3ccccc3)c3ccc(OC)cc3S2)c(OC)c1. The van der Waals surface area contributed by atoms with Gasteiger partial charge in [0.2, 0.25) is 5.91 Å². The zero-order valence-electron chi connectivity index (χ0n) is 20.7. The number of methoxy groups -OCH3 is 3. The van der Waals surface area contributed by atoms with Crippen molar-refractivity contribution in [2.75, 3.05) is 39.3 Å². The van der Waals surface area contributed by atoms with Crippen molar-refractivity contribution in [3.05, 3.63) is 77.9 Å². The first kappa shape index (κ1) is 24.5. The average molecular weight is 506 g/mol. The van der Waals surface area contributed by atoms with Crippen LogP contribution in [0.15, 0.2) is 71.6 Å². The van der Waals surface area contributed by atoms with Gasteiger partial charge in [-0.1, -0.05) is 36.4 Å². The van der Waals surface area contributed by atoms with Gasteiger partial charge in [-0.25, -0.2) is 5.43 Å². The quantitative estimate of drug-likeness (QED) is 0.480. The lowest BCUT2D eigenvalue weighted by molar-refractivity contribution is -0.118. The van der Waals surface area contributed by atoms with E-state index in [-0.39, 0.29) is 23.1 Å². The van der Waals surface area contributed by atoms with E-state index in [0.717, 1.165) is 34.2 Å². The number of anilines is 1. The molecular formula is C28H31N3O4S. The van der Waals surface area contributed by atoms with Gasteiger partial charge in [0.15, 0.2) is 0 Å². The van der Waals surface area contributed by atoms with Crippen molar-refractivity contribution < 1.29 is 19.0 Å². The third-order valence-corrected chi connectivity index (χ3v) is 8.13. The van der Waals surface area contributed by atoms with Crippen LogP contribution in [0, 0.1) is 5.92 Å². The fourth-order valence-corrected chi connectivity index (χ4v) is 6.29. The number of carbonyl (C=O) groups is 1. The zero-order valence-corrected chi connectivity index (χ0v) is 21.5. The first-order valence-electron chi connectivity index (χ1n) is 12.0. The van der Waals surface area contributed by atoms with E-state index in [1.165, 1.54) is 5.56 Å². The van der Waals surface area contributed by atoms with Crippen LogP contribution >= 0.6 is 11.8 Å². The molecule has 0 saturated carbocycles. The van der Waals surface area contributed by atoms with Crippen molar-refractivity contribution in [2.24, 2.45) is 5.92 Å². The fraction of sp³-hybridized carbons (Fsp3) is 0.321. The molecule has 1 fully saturated rings. The first-order valence-corrected chi connectivity index (χ1v) is 12.9. The van der Waals surface area contributed by atoms with E-state index in [4.69, 9.17) is 14.2 Å². The maximum Gasteiger partial charge on any atom is 0.228 e. The Morgan fingerprint density at radius 2 is 1.69 bits per heavy atom.